The number of nitrogens with one attached hydrogen (secondary N) is 1. The number of likely N-dealkylation sites (N-methyl/N-ethyl adjacent to an activating group) is 2. The Labute approximate surface area is 354 Å². The minimum absolute atomic E-state index is 0. The van der Waals surface area contributed by atoms with Gasteiger partial charge in [0, 0.05) is 11.3 Å². The normalized spacial score (nSPS) is 11.1. The van der Waals surface area contributed by atoms with E-state index in [0.29, 0.717) is 48.0 Å². The number of benzene rings is 1. The van der Waals surface area contributed by atoms with Crippen LogP contribution < -0.4 is 40.6 Å². The van der Waals surface area contributed by atoms with Gasteiger partial charge in [0.15, 0.2) is 12.8 Å². The quantitative estimate of drug-likeness (QED) is 0.0746. The summed E-state index contributed by atoms with van der Waals surface area (Å²) in [5.74, 6) is -1.28. The predicted octanol–water partition coefficient (Wildman–Crippen LogP) is 7.12. The minimum atomic E-state index is -4.58. The number of nitrogens with two attached hydrogens (primary N) is 1. The van der Waals surface area contributed by atoms with E-state index >= 15 is 0 Å². The summed E-state index contributed by atoms with van der Waals surface area (Å²) >= 11 is 0. The summed E-state index contributed by atoms with van der Waals surface area (Å²) in [6, 6.07) is 5.63. The zero-order valence-corrected chi connectivity index (χ0v) is 27.5. The van der Waals surface area contributed by atoms with Gasteiger partial charge >= 0.3 is 29.6 Å². The van der Waals surface area contributed by atoms with Gasteiger partial charge in [-0.3, -0.25) is 9.59 Å². The first-order valence-corrected chi connectivity index (χ1v) is 14.0. The fraction of sp³-hybridized carbons (Fsp3) is 0.800. The van der Waals surface area contributed by atoms with Crippen LogP contribution in [0.15, 0.2) is 29.2 Å². The molecule has 0 saturated heterocycles. The summed E-state index contributed by atoms with van der Waals surface area (Å²) in [5, 5.41) is 13.5. The van der Waals surface area contributed by atoms with Crippen molar-refractivity contribution in [3.63, 3.8) is 0 Å². The van der Waals surface area contributed by atoms with Crippen molar-refractivity contribution in [3.05, 3.63) is 29.8 Å². The molecule has 2 amide bonds. The maximum absolute atomic E-state index is 13.3. The Hall–Kier alpha value is -1.05. The van der Waals surface area contributed by atoms with E-state index in [0.717, 1.165) is 5.56 Å². The summed E-state index contributed by atoms with van der Waals surface area (Å²) in [6.07, 6.45) is 0.784. The molecule has 0 fully saturated rings. The molecule has 0 aliphatic heterocycles. The molecule has 52 heavy (non-hydrogen) atoms. The molecule has 3 atom stereocenters. The first-order chi connectivity index (χ1) is 16.7. The number of primary amides is 1. The van der Waals surface area contributed by atoms with E-state index in [-0.39, 0.29) is 150 Å². The molecule has 324 valence electrons. The number of hydrogen-bond acceptors (Lipinski definition) is 6. The van der Waals surface area contributed by atoms with Gasteiger partial charge in [0.05, 0.1) is 40.1 Å². The summed E-state index contributed by atoms with van der Waals surface area (Å²) in [7, 11) is 5.34. The zero-order valence-electron chi connectivity index (χ0n) is 24.7. The smallest absolute Gasteiger partial charge is 0.744 e. The van der Waals surface area contributed by atoms with Crippen molar-refractivity contribution in [2.45, 2.75) is 161 Å². The molecular weight excluding hydrogens is 688 g/mol. The third-order valence-corrected chi connectivity index (χ3v) is 7.46. The molecule has 0 spiro atoms. The van der Waals surface area contributed by atoms with Crippen LogP contribution >= 0.6 is 0 Å². The number of nitrogens with zero attached hydrogens (tertiary/aromatic N) is 2. The van der Waals surface area contributed by atoms with Gasteiger partial charge in [0.1, 0.15) is 23.2 Å². The molecular formula is C40H103N4NaO6S+2. The van der Waals surface area contributed by atoms with Crippen LogP contribution in [0.2, 0.25) is 0 Å². The van der Waals surface area contributed by atoms with Crippen LogP contribution in [0.1, 0.15) is 155 Å². The van der Waals surface area contributed by atoms with E-state index < -0.39 is 33.5 Å². The first kappa shape index (κ1) is 98.4. The van der Waals surface area contributed by atoms with E-state index in [1.54, 1.807) is 12.1 Å². The molecule has 3 unspecified atom stereocenters. The molecule has 4 N–H and O–H groups in total. The van der Waals surface area contributed by atoms with Gasteiger partial charge in [-0.2, -0.15) is 0 Å². The summed E-state index contributed by atoms with van der Waals surface area (Å²) in [4.78, 5) is 24.9. The Morgan fingerprint density at radius 2 is 1.19 bits per heavy atom. The maximum Gasteiger partial charge on any atom is 1.00 e. The summed E-state index contributed by atoms with van der Waals surface area (Å²) in [5.41, 5.74) is 5.49. The maximum atomic E-state index is 13.3. The SMILES string of the molecule is C.C.C.C.C.C.C.C.C.C.C.C.C.C.CCC(CC(CC(C)(C)C(=O)NC[N+](C)(C)CC(O)C[N+](C)(C)C)c1ccc(S(=O)(=O)[O-])cc1)C(N)=O.[Na+]. The number of carbonyl (C=O) groups excluding carboxylic acids is 2. The van der Waals surface area contributed by atoms with Gasteiger partial charge in [0.25, 0.3) is 0 Å². The molecule has 12 heteroatoms. The Balaban J connectivity index is -0.0000000702. The number of hydrogen-bond donors (Lipinski definition) is 3. The molecule has 0 aliphatic carbocycles. The second-order valence-corrected chi connectivity index (χ2v) is 13.8. The molecule has 0 saturated carbocycles. The Bertz CT molecular complexity index is 1030. The molecule has 0 aromatic heterocycles. The van der Waals surface area contributed by atoms with Gasteiger partial charge in [0.2, 0.25) is 11.8 Å². The van der Waals surface area contributed by atoms with Crippen molar-refractivity contribution in [1.82, 2.24) is 5.32 Å². The Morgan fingerprint density at radius 3 is 1.50 bits per heavy atom. The molecule has 0 bridgehead atoms. The number of amides is 2. The topological polar surface area (TPSA) is 150 Å². The second kappa shape index (κ2) is 39.6. The zero-order chi connectivity index (χ0) is 28.8. The van der Waals surface area contributed by atoms with E-state index in [2.05, 4.69) is 5.32 Å². The van der Waals surface area contributed by atoms with Crippen molar-refractivity contribution in [2.75, 3.05) is 55.0 Å². The molecule has 1 aromatic carbocycles. The van der Waals surface area contributed by atoms with Crippen molar-refractivity contribution in [3.8, 4) is 0 Å². The van der Waals surface area contributed by atoms with Crippen LogP contribution in [-0.2, 0) is 19.7 Å². The van der Waals surface area contributed by atoms with Crippen LogP contribution in [0.4, 0.5) is 0 Å². The van der Waals surface area contributed by atoms with E-state index in [4.69, 9.17) is 5.73 Å². The van der Waals surface area contributed by atoms with Crippen LogP contribution in [0.5, 0.6) is 0 Å². The van der Waals surface area contributed by atoms with Crippen LogP contribution in [0, 0.1) is 11.3 Å². The summed E-state index contributed by atoms with van der Waals surface area (Å²) < 4.78 is 35.1. The second-order valence-electron chi connectivity index (χ2n) is 12.5. The molecule has 1 aromatic rings. The fourth-order valence-corrected chi connectivity index (χ4v) is 5.10. The minimum Gasteiger partial charge on any atom is -0.744 e. The Morgan fingerprint density at radius 1 is 0.808 bits per heavy atom. The van der Waals surface area contributed by atoms with Crippen molar-refractivity contribution >= 4 is 21.9 Å². The molecule has 0 radical (unpaired) electrons. The van der Waals surface area contributed by atoms with Gasteiger partial charge in [-0.25, -0.2) is 8.42 Å². The van der Waals surface area contributed by atoms with Crippen LogP contribution in [-0.4, -0.2) is 100.0 Å². The van der Waals surface area contributed by atoms with Crippen LogP contribution in [0.3, 0.4) is 0 Å². The number of aliphatic hydroxyl groups is 1. The van der Waals surface area contributed by atoms with E-state index in [1.165, 1.54) is 12.1 Å². The van der Waals surface area contributed by atoms with Gasteiger partial charge in [-0.15, -0.1) is 0 Å². The number of aliphatic hydroxyl groups excluding tert-OH is 1. The van der Waals surface area contributed by atoms with Crippen LogP contribution in [0.25, 0.3) is 0 Å². The largest absolute Gasteiger partial charge is 1.00 e. The van der Waals surface area contributed by atoms with Crippen molar-refractivity contribution < 1.29 is 66.2 Å². The molecule has 0 heterocycles. The van der Waals surface area contributed by atoms with Gasteiger partial charge < -0.3 is 29.7 Å². The average Bonchev–Trinajstić information content (AvgIpc) is 2.72. The third kappa shape index (κ3) is 36.0. The summed E-state index contributed by atoms with van der Waals surface area (Å²) in [6.45, 7) is 6.91. The number of carbonyl (C=O) groups is 2. The van der Waals surface area contributed by atoms with E-state index in [1.807, 2.05) is 56.0 Å². The van der Waals surface area contributed by atoms with Crippen molar-refractivity contribution in [1.29, 1.82) is 0 Å². The molecule has 10 nitrogen and oxygen atoms in total. The third-order valence-electron chi connectivity index (χ3n) is 6.61. The predicted molar refractivity (Wildman–Crippen MR) is 236 cm³/mol. The van der Waals surface area contributed by atoms with E-state index in [9.17, 15) is 27.7 Å². The van der Waals surface area contributed by atoms with Gasteiger partial charge in [-0.1, -0.05) is 137 Å². The van der Waals surface area contributed by atoms with Gasteiger partial charge in [-0.05, 0) is 42.9 Å². The monoisotopic (exact) mass is 791 g/mol. The average molecular weight is 791 g/mol. The molecule has 1 rings (SSSR count). The van der Waals surface area contributed by atoms with Crippen molar-refractivity contribution in [2.24, 2.45) is 17.1 Å². The molecule has 0 aliphatic rings. The first-order valence-electron chi connectivity index (χ1n) is 12.6. The fourth-order valence-electron chi connectivity index (χ4n) is 4.63. The standard InChI is InChI=1S/C26H46N4O6S.14CH4.Na/c1-9-19(24(27)32)14-21(20-10-12-23(13-11-20)37(34,35)36)15-26(2,3)25(33)28-18-30(7,8)17-22(31)16-29(4,5)6;;;;;;;;;;;;;;;/h10-13,19,21-22,31H,9,14-18H2,1-8H3,(H2-2,27,28,32,33,34,35,36);14*1H4;/q;;;;;;;;;;;;;;;+1/p+1. The Kier molecular flexibility index (Phi) is 75.0. The number of quaternary nitrogens is 2. The number of rotatable bonds is 15.